The van der Waals surface area contributed by atoms with Gasteiger partial charge in [-0.25, -0.2) is 0 Å². The number of nitrogens with zero attached hydrogens (tertiary/aromatic N) is 3. The molecule has 5 rings (SSSR count). The second-order valence-electron chi connectivity index (χ2n) is 8.67. The highest BCUT2D eigenvalue weighted by molar-refractivity contribution is 6.22. The van der Waals surface area contributed by atoms with Crippen molar-refractivity contribution in [1.29, 1.82) is 0 Å². The lowest BCUT2D eigenvalue weighted by atomic mass is 9.81. The van der Waals surface area contributed by atoms with E-state index in [4.69, 9.17) is 0 Å². The number of amides is 3. The second kappa shape index (κ2) is 8.17. The van der Waals surface area contributed by atoms with Crippen LogP contribution in [0.25, 0.3) is 0 Å². The molecule has 0 bridgehead atoms. The number of anilines is 2. The summed E-state index contributed by atoms with van der Waals surface area (Å²) in [6, 6.07) is 17.2. The van der Waals surface area contributed by atoms with Crippen LogP contribution in [0.1, 0.15) is 36.0 Å². The summed E-state index contributed by atoms with van der Waals surface area (Å²) in [5, 5.41) is 0. The summed E-state index contributed by atoms with van der Waals surface area (Å²) in [6.07, 6.45) is 3.63. The highest BCUT2D eigenvalue weighted by atomic mass is 16.2. The molecule has 6 heteroatoms. The maximum Gasteiger partial charge on any atom is 0.253 e. The van der Waals surface area contributed by atoms with Gasteiger partial charge in [0.1, 0.15) is 0 Å². The molecule has 2 aliphatic heterocycles. The van der Waals surface area contributed by atoms with Gasteiger partial charge in [0.05, 0.1) is 17.5 Å². The lowest BCUT2D eigenvalue weighted by Gasteiger charge is -2.36. The second-order valence-corrected chi connectivity index (χ2v) is 8.67. The molecule has 0 aromatic heterocycles. The smallest absolute Gasteiger partial charge is 0.253 e. The average Bonchev–Trinajstić information content (AvgIpc) is 3.09. The van der Waals surface area contributed by atoms with E-state index in [2.05, 4.69) is 17.0 Å². The topological polar surface area (TPSA) is 60.9 Å². The van der Waals surface area contributed by atoms with E-state index in [9.17, 15) is 14.4 Å². The number of hydrogen-bond acceptors (Lipinski definition) is 4. The zero-order valence-electron chi connectivity index (χ0n) is 17.6. The predicted molar refractivity (Wildman–Crippen MR) is 119 cm³/mol. The molecule has 2 aromatic rings. The minimum Gasteiger partial charge on any atom is -0.368 e. The molecule has 0 N–H and O–H groups in total. The van der Waals surface area contributed by atoms with E-state index in [1.807, 2.05) is 23.1 Å². The molecule has 3 fully saturated rings. The molecular weight excluding hydrogens is 390 g/mol. The van der Waals surface area contributed by atoms with Gasteiger partial charge in [0, 0.05) is 37.4 Å². The van der Waals surface area contributed by atoms with Crippen molar-refractivity contribution in [3.8, 4) is 0 Å². The van der Waals surface area contributed by atoms with Gasteiger partial charge < -0.3 is 9.80 Å². The standard InChI is InChI=1S/C25H27N3O3/c29-23(27-16-14-26(15-17-27)19-6-2-1-3-7-19)18-10-12-20(13-11-18)28-24(30)21-8-4-5-9-22(21)25(28)31/h1-3,6-7,10-13,21-22H,4-5,8-9,14-17H2/t21-,22-/m1/s1. The number of benzene rings is 2. The first-order valence-corrected chi connectivity index (χ1v) is 11.2. The van der Waals surface area contributed by atoms with E-state index in [0.717, 1.165) is 38.8 Å². The Kier molecular flexibility index (Phi) is 5.22. The molecule has 3 aliphatic rings. The number of hydrogen-bond donors (Lipinski definition) is 0. The largest absolute Gasteiger partial charge is 0.368 e. The Labute approximate surface area is 182 Å². The summed E-state index contributed by atoms with van der Waals surface area (Å²) in [7, 11) is 0. The molecule has 31 heavy (non-hydrogen) atoms. The summed E-state index contributed by atoms with van der Waals surface area (Å²) >= 11 is 0. The van der Waals surface area contributed by atoms with Crippen LogP contribution in [-0.4, -0.2) is 48.8 Å². The number of para-hydroxylation sites is 1. The Morgan fingerprint density at radius 1 is 0.710 bits per heavy atom. The Bertz CT molecular complexity index is 957. The molecule has 2 aromatic carbocycles. The van der Waals surface area contributed by atoms with Crippen LogP contribution in [0.15, 0.2) is 54.6 Å². The van der Waals surface area contributed by atoms with E-state index in [1.165, 1.54) is 10.6 Å². The molecule has 0 radical (unpaired) electrons. The summed E-state index contributed by atoms with van der Waals surface area (Å²) in [5.74, 6) is -0.490. The van der Waals surface area contributed by atoms with Crippen molar-refractivity contribution in [2.75, 3.05) is 36.0 Å². The zero-order chi connectivity index (χ0) is 21.4. The van der Waals surface area contributed by atoms with Crippen LogP contribution >= 0.6 is 0 Å². The first kappa shape index (κ1) is 19.8. The van der Waals surface area contributed by atoms with Crippen molar-refractivity contribution in [2.24, 2.45) is 11.8 Å². The third kappa shape index (κ3) is 3.60. The van der Waals surface area contributed by atoms with Crippen molar-refractivity contribution in [1.82, 2.24) is 4.90 Å². The number of carbonyl (C=O) groups is 3. The number of imide groups is 1. The molecule has 6 nitrogen and oxygen atoms in total. The lowest BCUT2D eigenvalue weighted by molar-refractivity contribution is -0.122. The van der Waals surface area contributed by atoms with Gasteiger partial charge in [0.15, 0.2) is 0 Å². The zero-order valence-corrected chi connectivity index (χ0v) is 17.6. The Morgan fingerprint density at radius 3 is 1.87 bits per heavy atom. The van der Waals surface area contributed by atoms with Crippen molar-refractivity contribution < 1.29 is 14.4 Å². The molecule has 1 saturated carbocycles. The van der Waals surface area contributed by atoms with Crippen LogP contribution in [0, 0.1) is 11.8 Å². The third-order valence-electron chi connectivity index (χ3n) is 6.90. The number of fused-ring (bicyclic) bond motifs is 1. The fourth-order valence-corrected chi connectivity index (χ4v) is 5.16. The molecule has 2 atom stereocenters. The number of rotatable bonds is 3. The van der Waals surface area contributed by atoms with Gasteiger partial charge in [0.2, 0.25) is 11.8 Å². The minimum absolute atomic E-state index is 0.00740. The third-order valence-corrected chi connectivity index (χ3v) is 6.90. The predicted octanol–water partition coefficient (Wildman–Crippen LogP) is 3.33. The van der Waals surface area contributed by atoms with Crippen LogP contribution in [0.2, 0.25) is 0 Å². The monoisotopic (exact) mass is 417 g/mol. The van der Waals surface area contributed by atoms with Gasteiger partial charge in [-0.3, -0.25) is 19.3 Å². The highest BCUT2D eigenvalue weighted by Gasteiger charge is 2.48. The summed E-state index contributed by atoms with van der Waals surface area (Å²) in [4.78, 5) is 44.0. The maximum atomic E-state index is 13.0. The van der Waals surface area contributed by atoms with E-state index in [1.54, 1.807) is 24.3 Å². The number of carbonyl (C=O) groups excluding carboxylic acids is 3. The Morgan fingerprint density at radius 2 is 1.29 bits per heavy atom. The first-order chi connectivity index (χ1) is 15.1. The average molecular weight is 418 g/mol. The Hall–Kier alpha value is -3.15. The Balaban J connectivity index is 1.25. The van der Waals surface area contributed by atoms with E-state index >= 15 is 0 Å². The van der Waals surface area contributed by atoms with E-state index in [-0.39, 0.29) is 29.6 Å². The minimum atomic E-state index is -0.163. The summed E-state index contributed by atoms with van der Waals surface area (Å²) in [6.45, 7) is 2.94. The van der Waals surface area contributed by atoms with E-state index < -0.39 is 0 Å². The van der Waals surface area contributed by atoms with Crippen LogP contribution in [-0.2, 0) is 9.59 Å². The normalized spacial score (nSPS) is 23.8. The SMILES string of the molecule is O=C(c1ccc(N2C(=O)[C@@H]3CCCC[C@H]3C2=O)cc1)N1CCN(c2ccccc2)CC1. The molecule has 0 unspecified atom stereocenters. The molecule has 160 valence electrons. The van der Waals surface area contributed by atoms with Crippen molar-refractivity contribution in [2.45, 2.75) is 25.7 Å². The molecule has 1 aliphatic carbocycles. The van der Waals surface area contributed by atoms with Gasteiger partial charge in [-0.2, -0.15) is 0 Å². The van der Waals surface area contributed by atoms with Gasteiger partial charge in [-0.05, 0) is 49.2 Å². The summed E-state index contributed by atoms with van der Waals surface area (Å²) in [5.41, 5.74) is 2.35. The fraction of sp³-hybridized carbons (Fsp3) is 0.400. The van der Waals surface area contributed by atoms with Gasteiger partial charge in [-0.1, -0.05) is 31.0 Å². The maximum absolute atomic E-state index is 13.0. The first-order valence-electron chi connectivity index (χ1n) is 11.2. The van der Waals surface area contributed by atoms with Crippen molar-refractivity contribution in [3.05, 3.63) is 60.2 Å². The van der Waals surface area contributed by atoms with Gasteiger partial charge in [0.25, 0.3) is 5.91 Å². The van der Waals surface area contributed by atoms with E-state index in [0.29, 0.717) is 24.3 Å². The molecule has 3 amide bonds. The van der Waals surface area contributed by atoms with Crippen LogP contribution in [0.4, 0.5) is 11.4 Å². The van der Waals surface area contributed by atoms with Crippen LogP contribution in [0.3, 0.4) is 0 Å². The van der Waals surface area contributed by atoms with Crippen molar-refractivity contribution in [3.63, 3.8) is 0 Å². The fourth-order valence-electron chi connectivity index (χ4n) is 5.16. The summed E-state index contributed by atoms with van der Waals surface area (Å²) < 4.78 is 0. The van der Waals surface area contributed by atoms with Crippen LogP contribution in [0.5, 0.6) is 0 Å². The molecule has 0 spiro atoms. The quantitative estimate of drug-likeness (QED) is 0.719. The molecular formula is C25H27N3O3. The molecule has 2 heterocycles. The van der Waals surface area contributed by atoms with Crippen molar-refractivity contribution >= 4 is 29.1 Å². The lowest BCUT2D eigenvalue weighted by Crippen LogP contribution is -2.48. The van der Waals surface area contributed by atoms with Gasteiger partial charge in [-0.15, -0.1) is 0 Å². The van der Waals surface area contributed by atoms with Crippen LogP contribution < -0.4 is 9.80 Å². The van der Waals surface area contributed by atoms with Gasteiger partial charge >= 0.3 is 0 Å². The number of piperazine rings is 1. The molecule has 2 saturated heterocycles. The highest BCUT2D eigenvalue weighted by Crippen LogP contribution is 2.40.